The summed E-state index contributed by atoms with van der Waals surface area (Å²) in [5.41, 5.74) is 12.4. The molecule has 5 rings (SSSR count). The smallest absolute Gasteiger partial charge is 0.237 e. The number of aromatic nitrogens is 3. The number of aliphatic hydroxyl groups is 1. The minimum absolute atomic E-state index is 0.127. The maximum atomic E-state index is 12.7. The van der Waals surface area contributed by atoms with Gasteiger partial charge in [-0.15, -0.1) is 0 Å². The molecule has 0 fully saturated rings. The van der Waals surface area contributed by atoms with Crippen molar-refractivity contribution in [3.05, 3.63) is 84.1 Å². The number of nitrogens with zero attached hydrogens (tertiary/aromatic N) is 5. The monoisotopic (exact) mass is 530 g/mol. The normalized spacial score (nSPS) is 12.6. The summed E-state index contributed by atoms with van der Waals surface area (Å²) in [4.78, 5) is 22.4. The minimum Gasteiger partial charge on any atom is -0.395 e. The molecular weight excluding hydrogens is 508 g/mol. The van der Waals surface area contributed by atoms with Gasteiger partial charge in [0, 0.05) is 49.0 Å². The van der Waals surface area contributed by atoms with E-state index in [9.17, 15) is 9.90 Å². The zero-order chi connectivity index (χ0) is 24.5. The van der Waals surface area contributed by atoms with Gasteiger partial charge in [0.15, 0.2) is 11.5 Å². The zero-order valence-electron chi connectivity index (χ0n) is 18.8. The van der Waals surface area contributed by atoms with E-state index in [1.54, 1.807) is 11.1 Å². The molecule has 2 aromatic heterocycles. The van der Waals surface area contributed by atoms with E-state index in [1.165, 1.54) is 0 Å². The van der Waals surface area contributed by atoms with Crippen LogP contribution < -0.4 is 10.6 Å². The van der Waals surface area contributed by atoms with Gasteiger partial charge in [0.2, 0.25) is 5.91 Å². The number of benzene rings is 2. The lowest BCUT2D eigenvalue weighted by Gasteiger charge is -2.26. The molecule has 1 aliphatic rings. The van der Waals surface area contributed by atoms with Crippen molar-refractivity contribution in [3.63, 3.8) is 0 Å². The molecule has 0 radical (unpaired) electrons. The van der Waals surface area contributed by atoms with Gasteiger partial charge in [-0.3, -0.25) is 9.36 Å². The first kappa shape index (κ1) is 23.1. The predicted octanol–water partition coefficient (Wildman–Crippen LogP) is 3.97. The van der Waals surface area contributed by atoms with Crippen LogP contribution in [0.25, 0.3) is 33.2 Å². The van der Waals surface area contributed by atoms with Gasteiger partial charge >= 0.3 is 0 Å². The highest BCUT2D eigenvalue weighted by Gasteiger charge is 2.24. The molecule has 8 nitrogen and oxygen atoms in total. The maximum absolute atomic E-state index is 12.7. The highest BCUT2D eigenvalue weighted by molar-refractivity contribution is 9.09. The van der Waals surface area contributed by atoms with Crippen molar-refractivity contribution >= 4 is 33.2 Å². The Hall–Kier alpha value is -3.71. The molecule has 0 saturated carbocycles. The fourth-order valence-corrected chi connectivity index (χ4v) is 4.71. The van der Waals surface area contributed by atoms with Gasteiger partial charge in [-0.2, -0.15) is 0 Å². The Bertz CT molecular complexity index is 1430. The summed E-state index contributed by atoms with van der Waals surface area (Å²) >= 11 is 3.26. The van der Waals surface area contributed by atoms with Crippen LogP contribution in [-0.4, -0.2) is 49.7 Å². The van der Waals surface area contributed by atoms with Crippen LogP contribution in [0.4, 0.5) is 11.4 Å². The zero-order valence-corrected chi connectivity index (χ0v) is 20.4. The molecule has 1 atom stereocenters. The lowest BCUT2D eigenvalue weighted by atomic mass is 10.1. The van der Waals surface area contributed by atoms with Gasteiger partial charge in [0.25, 0.3) is 0 Å². The predicted molar refractivity (Wildman–Crippen MR) is 139 cm³/mol. The summed E-state index contributed by atoms with van der Waals surface area (Å²) in [6.07, 6.45) is 5.80. The number of amides is 1. The van der Waals surface area contributed by atoms with Gasteiger partial charge in [0.05, 0.1) is 29.9 Å². The van der Waals surface area contributed by atoms with Crippen LogP contribution in [0.5, 0.6) is 0 Å². The average molecular weight is 531 g/mol. The van der Waals surface area contributed by atoms with Gasteiger partial charge in [-0.1, -0.05) is 40.2 Å². The van der Waals surface area contributed by atoms with E-state index in [4.69, 9.17) is 12.3 Å². The molecule has 3 heterocycles. The summed E-state index contributed by atoms with van der Waals surface area (Å²) in [6.45, 7) is 7.78. The fraction of sp³-hybridized carbons (Fsp3) is 0.192. The van der Waals surface area contributed by atoms with E-state index in [1.807, 2.05) is 48.7 Å². The Morgan fingerprint density at radius 1 is 1.23 bits per heavy atom. The Morgan fingerprint density at radius 3 is 2.74 bits per heavy atom. The molecule has 176 valence electrons. The van der Waals surface area contributed by atoms with Crippen LogP contribution in [0.3, 0.4) is 0 Å². The van der Waals surface area contributed by atoms with Crippen LogP contribution in [0, 0.1) is 6.57 Å². The number of hydrogen-bond donors (Lipinski definition) is 2. The Labute approximate surface area is 211 Å². The first-order valence-corrected chi connectivity index (χ1v) is 12.2. The number of alkyl halides is 1. The largest absolute Gasteiger partial charge is 0.395 e. The number of carbonyl (C=O) groups excluding carboxylic acids is 1. The maximum Gasteiger partial charge on any atom is 0.237 e. The second kappa shape index (κ2) is 9.50. The van der Waals surface area contributed by atoms with E-state index in [0.29, 0.717) is 12.2 Å². The summed E-state index contributed by atoms with van der Waals surface area (Å²) in [7, 11) is 0. The molecule has 0 saturated heterocycles. The quantitative estimate of drug-likeness (QED) is 0.256. The third kappa shape index (κ3) is 4.28. The molecule has 1 amide bonds. The summed E-state index contributed by atoms with van der Waals surface area (Å²) < 4.78 is 4.21. The highest BCUT2D eigenvalue weighted by Crippen LogP contribution is 2.35. The lowest BCUT2D eigenvalue weighted by Crippen LogP contribution is -2.43. The van der Waals surface area contributed by atoms with E-state index >= 15 is 0 Å². The number of hydrogen-bond acceptors (Lipinski definition) is 4. The first-order valence-electron chi connectivity index (χ1n) is 11.1. The average Bonchev–Trinajstić information content (AvgIpc) is 3.51. The molecule has 0 spiro atoms. The van der Waals surface area contributed by atoms with Crippen molar-refractivity contribution in [1.29, 1.82) is 0 Å². The van der Waals surface area contributed by atoms with Crippen LogP contribution in [0.15, 0.2) is 67.1 Å². The third-order valence-corrected chi connectivity index (χ3v) is 6.62. The molecule has 0 aliphatic carbocycles. The molecule has 9 heteroatoms. The van der Waals surface area contributed by atoms with Crippen molar-refractivity contribution in [3.8, 4) is 28.3 Å². The molecule has 4 aromatic rings. The Balaban J connectivity index is 1.58. The highest BCUT2D eigenvalue weighted by atomic mass is 79.9. The standard InChI is InChI=1S/C26H23BrN6O2/c1-29-21-4-2-17(3-5-21)18-11-24-26-30-8-9-32(26)23-7-6-22(10-19(23)14-31(24)13-18)33(25(35)12-27)15-20(28)16-34/h2-11,13,20,34H,12,14-16,28H2/t20-/m1/s1. The van der Waals surface area contributed by atoms with Gasteiger partial charge < -0.3 is 20.3 Å². The molecule has 0 unspecified atom stereocenters. The third-order valence-electron chi connectivity index (χ3n) is 6.14. The minimum atomic E-state index is -0.537. The topological polar surface area (TPSA) is 93.7 Å². The van der Waals surface area contributed by atoms with Crippen molar-refractivity contribution in [1.82, 2.24) is 14.1 Å². The molecule has 35 heavy (non-hydrogen) atoms. The lowest BCUT2D eigenvalue weighted by molar-refractivity contribution is -0.116. The summed E-state index contributed by atoms with van der Waals surface area (Å²) in [5.74, 6) is 0.703. The molecular formula is C26H23BrN6O2. The number of anilines is 1. The molecule has 1 aliphatic heterocycles. The summed E-state index contributed by atoms with van der Waals surface area (Å²) in [5, 5.41) is 9.59. The molecule has 2 aromatic carbocycles. The number of carbonyl (C=O) groups is 1. The van der Waals surface area contributed by atoms with Crippen molar-refractivity contribution in [2.24, 2.45) is 5.73 Å². The van der Waals surface area contributed by atoms with Crippen molar-refractivity contribution in [2.45, 2.75) is 12.6 Å². The van der Waals surface area contributed by atoms with Crippen molar-refractivity contribution < 1.29 is 9.90 Å². The Kier molecular flexibility index (Phi) is 6.26. The SMILES string of the molecule is [C-]#[N+]c1ccc(-c2cc3n(c2)Cc2cc(N(C[C@@H](N)CO)C(=O)CBr)ccc2-n2ccnc2-3)cc1. The first-order chi connectivity index (χ1) is 17.0. The van der Waals surface area contributed by atoms with E-state index < -0.39 is 6.04 Å². The number of nitrogens with two attached hydrogens (primary N) is 1. The van der Waals surface area contributed by atoms with Crippen molar-refractivity contribution in [2.75, 3.05) is 23.4 Å². The van der Waals surface area contributed by atoms with E-state index in [-0.39, 0.29) is 24.4 Å². The summed E-state index contributed by atoms with van der Waals surface area (Å²) in [6, 6.07) is 15.0. The second-order valence-corrected chi connectivity index (χ2v) is 8.98. The van der Waals surface area contributed by atoms with E-state index in [2.05, 4.69) is 47.2 Å². The van der Waals surface area contributed by atoms with Gasteiger partial charge in [-0.25, -0.2) is 9.83 Å². The van der Waals surface area contributed by atoms with E-state index in [0.717, 1.165) is 39.6 Å². The van der Waals surface area contributed by atoms with Gasteiger partial charge in [-0.05, 0) is 35.4 Å². The van der Waals surface area contributed by atoms with Crippen LogP contribution in [-0.2, 0) is 11.3 Å². The van der Waals surface area contributed by atoms with Crippen LogP contribution in [0.2, 0.25) is 0 Å². The number of rotatable bonds is 6. The Morgan fingerprint density at radius 2 is 2.03 bits per heavy atom. The number of imidazole rings is 1. The number of halogens is 1. The molecule has 3 N–H and O–H groups in total. The van der Waals surface area contributed by atoms with Crippen LogP contribution >= 0.6 is 15.9 Å². The second-order valence-electron chi connectivity index (χ2n) is 8.42. The fourth-order valence-electron chi connectivity index (χ4n) is 4.40. The number of aliphatic hydroxyl groups excluding tert-OH is 1. The van der Waals surface area contributed by atoms with Crippen LogP contribution in [0.1, 0.15) is 5.56 Å². The van der Waals surface area contributed by atoms with Gasteiger partial charge in [0.1, 0.15) is 0 Å². The molecule has 0 bridgehead atoms. The number of fused-ring (bicyclic) bond motifs is 5.